The van der Waals surface area contributed by atoms with Crippen molar-refractivity contribution >= 4 is 44.6 Å². The number of halogens is 1. The number of nitrogens with one attached hydrogen (secondary N) is 2. The molecule has 1 aromatic carbocycles. The number of fused-ring (bicyclic) bond motifs is 1. The second-order valence-corrected chi connectivity index (χ2v) is 8.21. The van der Waals surface area contributed by atoms with E-state index >= 15 is 0 Å². The van der Waals surface area contributed by atoms with E-state index in [0.717, 1.165) is 11.3 Å². The van der Waals surface area contributed by atoms with Gasteiger partial charge in [0.25, 0.3) is 5.91 Å². The van der Waals surface area contributed by atoms with E-state index in [1.165, 1.54) is 12.1 Å². The van der Waals surface area contributed by atoms with Crippen LogP contribution in [-0.2, 0) is 14.8 Å². The number of anilines is 1. The van der Waals surface area contributed by atoms with E-state index in [2.05, 4.69) is 10.0 Å². The maximum Gasteiger partial charge on any atom is 0.266 e. The quantitative estimate of drug-likeness (QED) is 0.876. The number of rotatable bonds is 4. The lowest BCUT2D eigenvalue weighted by Crippen LogP contribution is -2.45. The Morgan fingerprint density at radius 2 is 2.05 bits per heavy atom. The third-order valence-corrected chi connectivity index (χ3v) is 6.13. The van der Waals surface area contributed by atoms with Gasteiger partial charge in [0, 0.05) is 0 Å². The number of amides is 1. The Kier molecular flexibility index (Phi) is 4.09. The number of hydrogen-bond donors (Lipinski definition) is 2. The largest absolute Gasteiger partial charge is 0.477 e. The molecule has 0 saturated carbocycles. The van der Waals surface area contributed by atoms with Crippen LogP contribution in [0.1, 0.15) is 0 Å². The Labute approximate surface area is 136 Å². The SMILES string of the molecule is O=C1Nc2ccccc2OC1CNS(=O)(=O)c1ccc(Cl)s1. The van der Waals surface area contributed by atoms with Crippen LogP contribution >= 0.6 is 22.9 Å². The first kappa shape index (κ1) is 15.3. The first-order valence-electron chi connectivity index (χ1n) is 6.27. The molecular formula is C13H11ClN2O4S2. The zero-order chi connectivity index (χ0) is 15.7. The molecule has 0 fully saturated rings. The zero-order valence-corrected chi connectivity index (χ0v) is 13.5. The lowest BCUT2D eigenvalue weighted by molar-refractivity contribution is -0.123. The second kappa shape index (κ2) is 5.88. The molecule has 0 spiro atoms. The summed E-state index contributed by atoms with van der Waals surface area (Å²) in [5.41, 5.74) is 0.566. The third kappa shape index (κ3) is 3.09. The molecule has 2 N–H and O–H groups in total. The monoisotopic (exact) mass is 358 g/mol. The van der Waals surface area contributed by atoms with Crippen LogP contribution in [0.2, 0.25) is 4.34 Å². The zero-order valence-electron chi connectivity index (χ0n) is 11.1. The fourth-order valence-electron chi connectivity index (χ4n) is 1.93. The summed E-state index contributed by atoms with van der Waals surface area (Å²) in [5.74, 6) is 0.107. The smallest absolute Gasteiger partial charge is 0.266 e. The van der Waals surface area contributed by atoms with Gasteiger partial charge in [-0.2, -0.15) is 0 Å². The molecule has 0 bridgehead atoms. The van der Waals surface area contributed by atoms with Gasteiger partial charge < -0.3 is 10.1 Å². The minimum Gasteiger partial charge on any atom is -0.477 e. The molecule has 0 saturated heterocycles. The minimum absolute atomic E-state index is 0.0918. The first-order chi connectivity index (χ1) is 10.5. The molecule has 1 amide bonds. The van der Waals surface area contributed by atoms with E-state index < -0.39 is 22.0 Å². The van der Waals surface area contributed by atoms with Crippen molar-refractivity contribution in [2.24, 2.45) is 0 Å². The lowest BCUT2D eigenvalue weighted by atomic mass is 10.2. The summed E-state index contributed by atoms with van der Waals surface area (Å²) in [6, 6.07) is 9.86. The molecule has 1 unspecified atom stereocenters. The van der Waals surface area contributed by atoms with E-state index in [1.54, 1.807) is 24.3 Å². The maximum atomic E-state index is 12.1. The Morgan fingerprint density at radius 1 is 1.27 bits per heavy atom. The van der Waals surface area contributed by atoms with E-state index in [-0.39, 0.29) is 10.8 Å². The lowest BCUT2D eigenvalue weighted by Gasteiger charge is -2.25. The molecule has 6 nitrogen and oxygen atoms in total. The number of carbonyl (C=O) groups is 1. The molecule has 2 aromatic rings. The summed E-state index contributed by atoms with van der Waals surface area (Å²) in [6.45, 7) is -0.169. The van der Waals surface area contributed by atoms with Gasteiger partial charge in [0.1, 0.15) is 9.96 Å². The van der Waals surface area contributed by atoms with Gasteiger partial charge in [-0.05, 0) is 24.3 Å². The summed E-state index contributed by atoms with van der Waals surface area (Å²) < 4.78 is 32.5. The van der Waals surface area contributed by atoms with Crippen LogP contribution in [0.5, 0.6) is 5.75 Å². The predicted octanol–water partition coefficient (Wildman–Crippen LogP) is 2.08. The highest BCUT2D eigenvalue weighted by atomic mass is 35.5. The number of carbonyl (C=O) groups excluding carboxylic acids is 1. The van der Waals surface area contributed by atoms with Gasteiger partial charge in [-0.15, -0.1) is 11.3 Å². The number of benzene rings is 1. The molecule has 116 valence electrons. The van der Waals surface area contributed by atoms with E-state index in [0.29, 0.717) is 15.8 Å². The van der Waals surface area contributed by atoms with Crippen LogP contribution in [0.3, 0.4) is 0 Å². The fourth-order valence-corrected chi connectivity index (χ4v) is 4.48. The van der Waals surface area contributed by atoms with Crippen molar-refractivity contribution in [3.8, 4) is 5.75 Å². The molecular weight excluding hydrogens is 348 g/mol. The minimum atomic E-state index is -3.72. The molecule has 22 heavy (non-hydrogen) atoms. The Bertz CT molecular complexity index is 819. The molecule has 1 aromatic heterocycles. The summed E-state index contributed by atoms with van der Waals surface area (Å²) in [4.78, 5) is 11.9. The number of thiophene rings is 1. The average molecular weight is 359 g/mol. The summed E-state index contributed by atoms with van der Waals surface area (Å²) in [6.07, 6.45) is -0.930. The van der Waals surface area contributed by atoms with Crippen LogP contribution in [-0.4, -0.2) is 27.0 Å². The van der Waals surface area contributed by atoms with Gasteiger partial charge in [-0.3, -0.25) is 4.79 Å². The number of ether oxygens (including phenoxy) is 1. The topological polar surface area (TPSA) is 84.5 Å². The maximum absolute atomic E-state index is 12.1. The van der Waals surface area contributed by atoms with E-state index in [1.807, 2.05) is 0 Å². The Hall–Kier alpha value is -1.61. The normalized spacial score (nSPS) is 17.5. The van der Waals surface area contributed by atoms with Gasteiger partial charge in [-0.25, -0.2) is 13.1 Å². The van der Waals surface area contributed by atoms with Crippen molar-refractivity contribution in [1.82, 2.24) is 4.72 Å². The molecule has 9 heteroatoms. The highest BCUT2D eigenvalue weighted by Gasteiger charge is 2.29. The molecule has 2 heterocycles. The van der Waals surface area contributed by atoms with Gasteiger partial charge in [0.05, 0.1) is 16.6 Å². The summed E-state index contributed by atoms with van der Waals surface area (Å²) in [7, 11) is -3.72. The predicted molar refractivity (Wildman–Crippen MR) is 84.0 cm³/mol. The molecule has 3 rings (SSSR count). The molecule has 1 atom stereocenters. The Balaban J connectivity index is 1.71. The molecule has 1 aliphatic rings. The number of para-hydroxylation sites is 2. The standard InChI is InChI=1S/C13H11ClN2O4S2/c14-11-5-6-12(21-11)22(18,19)15-7-10-13(17)16-8-3-1-2-4-9(8)20-10/h1-6,10,15H,7H2,(H,16,17). The van der Waals surface area contributed by atoms with Gasteiger partial charge in [-0.1, -0.05) is 23.7 Å². The van der Waals surface area contributed by atoms with Crippen molar-refractivity contribution in [2.75, 3.05) is 11.9 Å². The first-order valence-corrected chi connectivity index (χ1v) is 8.95. The molecule has 1 aliphatic heterocycles. The van der Waals surface area contributed by atoms with Crippen molar-refractivity contribution in [3.63, 3.8) is 0 Å². The van der Waals surface area contributed by atoms with Crippen LogP contribution in [0.15, 0.2) is 40.6 Å². The van der Waals surface area contributed by atoms with Crippen molar-refractivity contribution < 1.29 is 17.9 Å². The van der Waals surface area contributed by atoms with Gasteiger partial charge >= 0.3 is 0 Å². The molecule has 0 aliphatic carbocycles. The number of sulfonamides is 1. The van der Waals surface area contributed by atoms with Crippen molar-refractivity contribution in [3.05, 3.63) is 40.7 Å². The average Bonchev–Trinajstić information content (AvgIpc) is 2.92. The van der Waals surface area contributed by atoms with E-state index in [9.17, 15) is 13.2 Å². The molecule has 0 radical (unpaired) electrons. The summed E-state index contributed by atoms with van der Waals surface area (Å²) >= 11 is 6.68. The van der Waals surface area contributed by atoms with Crippen LogP contribution < -0.4 is 14.8 Å². The fraction of sp³-hybridized carbons (Fsp3) is 0.154. The van der Waals surface area contributed by atoms with Crippen LogP contribution in [0, 0.1) is 0 Å². The number of hydrogen-bond acceptors (Lipinski definition) is 5. The Morgan fingerprint density at radius 3 is 2.77 bits per heavy atom. The van der Waals surface area contributed by atoms with Crippen LogP contribution in [0.25, 0.3) is 0 Å². The second-order valence-electron chi connectivity index (χ2n) is 4.50. The van der Waals surface area contributed by atoms with Gasteiger partial charge in [0.2, 0.25) is 10.0 Å². The summed E-state index contributed by atoms with van der Waals surface area (Å²) in [5, 5.41) is 2.67. The van der Waals surface area contributed by atoms with E-state index in [4.69, 9.17) is 16.3 Å². The highest BCUT2D eigenvalue weighted by molar-refractivity contribution is 7.91. The third-order valence-electron chi connectivity index (χ3n) is 2.98. The van der Waals surface area contributed by atoms with Crippen LogP contribution in [0.4, 0.5) is 5.69 Å². The van der Waals surface area contributed by atoms with Gasteiger partial charge in [0.15, 0.2) is 6.10 Å². The van der Waals surface area contributed by atoms with Crippen molar-refractivity contribution in [2.45, 2.75) is 10.3 Å². The highest BCUT2D eigenvalue weighted by Crippen LogP contribution is 2.29. The van der Waals surface area contributed by atoms with Crippen molar-refractivity contribution in [1.29, 1.82) is 0 Å².